The molecule has 4 amide bonds. The molecule has 0 aromatic heterocycles. The van der Waals surface area contributed by atoms with Crippen LogP contribution in [0.1, 0.15) is 44.7 Å². The lowest BCUT2D eigenvalue weighted by Gasteiger charge is -2.24. The molecule has 10 nitrogen and oxygen atoms in total. The van der Waals surface area contributed by atoms with E-state index in [1.54, 1.807) is 25.2 Å². The second-order valence-corrected chi connectivity index (χ2v) is 7.92. The predicted molar refractivity (Wildman–Crippen MR) is 122 cm³/mol. The van der Waals surface area contributed by atoms with Crippen LogP contribution in [0.3, 0.4) is 0 Å². The Morgan fingerprint density at radius 2 is 1.81 bits per heavy atom. The average molecular weight is 450 g/mol. The number of carbonyl (C=O) groups excluding carboxylic acids is 4. The van der Waals surface area contributed by atoms with Crippen molar-refractivity contribution in [2.75, 3.05) is 18.9 Å². The van der Waals surface area contributed by atoms with Gasteiger partial charge in [-0.2, -0.15) is 0 Å². The Morgan fingerprint density at radius 1 is 1.12 bits per heavy atom. The van der Waals surface area contributed by atoms with E-state index in [1.165, 1.54) is 6.92 Å². The molecule has 32 heavy (non-hydrogen) atoms. The minimum absolute atomic E-state index is 0.0349. The Labute approximate surface area is 189 Å². The maximum Gasteiger partial charge on any atom is 0.312 e. The molecule has 0 aliphatic rings. The van der Waals surface area contributed by atoms with Gasteiger partial charge < -0.3 is 31.7 Å². The number of ether oxygens (including phenoxy) is 1. The van der Waals surface area contributed by atoms with Crippen LogP contribution < -0.4 is 27.0 Å². The van der Waals surface area contributed by atoms with Crippen LogP contribution in [0.15, 0.2) is 18.2 Å². The second-order valence-electron chi connectivity index (χ2n) is 7.92. The molecule has 0 spiro atoms. The molecule has 178 valence electrons. The van der Waals surface area contributed by atoms with Gasteiger partial charge in [-0.3, -0.25) is 14.4 Å². The maximum atomic E-state index is 12.9. The molecule has 1 aromatic rings. The normalized spacial score (nSPS) is 12.6. The first-order valence-electron chi connectivity index (χ1n) is 10.6. The van der Waals surface area contributed by atoms with Crippen molar-refractivity contribution in [2.45, 2.75) is 59.2 Å². The molecule has 2 atom stereocenters. The fraction of sp³-hybridized carbons (Fsp3) is 0.545. The summed E-state index contributed by atoms with van der Waals surface area (Å²) < 4.78 is 5.02. The molecule has 0 saturated heterocycles. The van der Waals surface area contributed by atoms with Gasteiger partial charge in [0.1, 0.15) is 12.6 Å². The van der Waals surface area contributed by atoms with Crippen molar-refractivity contribution in [2.24, 2.45) is 11.7 Å². The highest BCUT2D eigenvalue weighted by Crippen LogP contribution is 2.17. The second kappa shape index (κ2) is 13.3. The summed E-state index contributed by atoms with van der Waals surface area (Å²) in [5.74, 6) is -0.985. The van der Waals surface area contributed by atoms with E-state index in [4.69, 9.17) is 10.5 Å². The van der Waals surface area contributed by atoms with Gasteiger partial charge in [0.15, 0.2) is 0 Å². The first-order chi connectivity index (χ1) is 15.0. The molecule has 0 aliphatic heterocycles. The molecule has 2 unspecified atom stereocenters. The Morgan fingerprint density at radius 3 is 2.34 bits per heavy atom. The summed E-state index contributed by atoms with van der Waals surface area (Å²) in [6, 6.07) is 3.36. The number of urea groups is 1. The fourth-order valence-electron chi connectivity index (χ4n) is 3.16. The topological polar surface area (TPSA) is 152 Å². The van der Waals surface area contributed by atoms with E-state index in [2.05, 4.69) is 21.3 Å². The van der Waals surface area contributed by atoms with E-state index >= 15 is 0 Å². The Kier molecular flexibility index (Phi) is 11.2. The number of hydrogen-bond donors (Lipinski definition) is 5. The number of nitrogens with one attached hydrogen (secondary N) is 4. The van der Waals surface area contributed by atoms with Crippen LogP contribution in [0.4, 0.5) is 10.5 Å². The molecule has 6 N–H and O–H groups in total. The van der Waals surface area contributed by atoms with Crippen molar-refractivity contribution in [1.29, 1.82) is 0 Å². The van der Waals surface area contributed by atoms with Crippen LogP contribution >= 0.6 is 0 Å². The molecule has 0 heterocycles. The molecule has 0 fully saturated rings. The summed E-state index contributed by atoms with van der Waals surface area (Å²) in [5.41, 5.74) is 7.31. The van der Waals surface area contributed by atoms with E-state index in [-0.39, 0.29) is 30.3 Å². The van der Waals surface area contributed by atoms with Gasteiger partial charge >= 0.3 is 12.0 Å². The minimum atomic E-state index is -0.798. The molecule has 0 aliphatic carbocycles. The van der Waals surface area contributed by atoms with E-state index < -0.39 is 18.1 Å². The lowest BCUT2D eigenvalue weighted by atomic mass is 10.0. The maximum absolute atomic E-state index is 12.9. The summed E-state index contributed by atoms with van der Waals surface area (Å²) in [6.45, 7) is 7.46. The van der Waals surface area contributed by atoms with Crippen molar-refractivity contribution >= 4 is 29.5 Å². The summed E-state index contributed by atoms with van der Waals surface area (Å²) >= 11 is 0. The number of rotatable bonds is 12. The number of benzene rings is 1. The molecular weight excluding hydrogens is 414 g/mol. The summed E-state index contributed by atoms with van der Waals surface area (Å²) in [5, 5.41) is 11.1. The molecule has 0 saturated carbocycles. The van der Waals surface area contributed by atoms with E-state index in [0.29, 0.717) is 25.1 Å². The molecule has 0 bridgehead atoms. The molecule has 0 radical (unpaired) electrons. The summed E-state index contributed by atoms with van der Waals surface area (Å²) in [6.07, 6.45) is 0.767. The van der Waals surface area contributed by atoms with Gasteiger partial charge in [-0.25, -0.2) is 4.79 Å². The van der Waals surface area contributed by atoms with Crippen molar-refractivity contribution < 1.29 is 23.9 Å². The highest BCUT2D eigenvalue weighted by atomic mass is 16.5. The number of likely N-dealkylation sites (N-methyl/N-ethyl adjacent to an activating group) is 1. The Hall–Kier alpha value is -3.14. The van der Waals surface area contributed by atoms with Gasteiger partial charge in [0.2, 0.25) is 11.8 Å². The van der Waals surface area contributed by atoms with Crippen LogP contribution in [0.5, 0.6) is 0 Å². The zero-order valence-corrected chi connectivity index (χ0v) is 19.4. The third kappa shape index (κ3) is 9.34. The average Bonchev–Trinajstić information content (AvgIpc) is 2.69. The standard InChI is InChI=1S/C22H35N5O5/c1-13(2)19(24-5)21(30)27-18(7-6-10-25-22(23)31)20(29)26-17-9-8-16(14(3)11-17)12-32-15(4)28/h8-9,11,13,18-19,24H,6-7,10,12H2,1-5H3,(H,26,29)(H,27,30)(H3,23,25,31). The molecule has 10 heteroatoms. The lowest BCUT2D eigenvalue weighted by molar-refractivity contribution is -0.142. The SMILES string of the molecule is CNC(C(=O)NC(CCCNC(N)=O)C(=O)Nc1ccc(COC(C)=O)c(C)c1)C(C)C. The number of esters is 1. The van der Waals surface area contributed by atoms with Crippen LogP contribution in [0, 0.1) is 12.8 Å². The number of carbonyl (C=O) groups is 4. The third-order valence-corrected chi connectivity index (χ3v) is 4.90. The van der Waals surface area contributed by atoms with Crippen LogP contribution in [0.2, 0.25) is 0 Å². The first-order valence-corrected chi connectivity index (χ1v) is 10.6. The smallest absolute Gasteiger partial charge is 0.312 e. The number of nitrogens with two attached hydrogens (primary N) is 1. The Balaban J connectivity index is 2.89. The monoisotopic (exact) mass is 449 g/mol. The van der Waals surface area contributed by atoms with Crippen LogP contribution in [-0.2, 0) is 25.7 Å². The first kappa shape index (κ1) is 26.9. The number of anilines is 1. The van der Waals surface area contributed by atoms with E-state index in [1.807, 2.05) is 20.8 Å². The van der Waals surface area contributed by atoms with Crippen molar-refractivity contribution in [1.82, 2.24) is 16.0 Å². The highest BCUT2D eigenvalue weighted by Gasteiger charge is 2.26. The number of primary amides is 1. The zero-order chi connectivity index (χ0) is 24.3. The fourth-order valence-corrected chi connectivity index (χ4v) is 3.16. The minimum Gasteiger partial charge on any atom is -0.461 e. The van der Waals surface area contributed by atoms with Crippen molar-refractivity contribution in [3.05, 3.63) is 29.3 Å². The van der Waals surface area contributed by atoms with Gasteiger partial charge in [0, 0.05) is 19.2 Å². The highest BCUT2D eigenvalue weighted by molar-refractivity contribution is 5.98. The van der Waals surface area contributed by atoms with Crippen molar-refractivity contribution in [3.8, 4) is 0 Å². The third-order valence-electron chi connectivity index (χ3n) is 4.90. The largest absolute Gasteiger partial charge is 0.461 e. The van der Waals surface area contributed by atoms with Crippen LogP contribution in [-0.4, -0.2) is 49.5 Å². The predicted octanol–water partition coefficient (Wildman–Crippen LogP) is 1.17. The number of amides is 4. The summed E-state index contributed by atoms with van der Waals surface area (Å²) in [4.78, 5) is 47.5. The number of hydrogen-bond acceptors (Lipinski definition) is 6. The van der Waals surface area contributed by atoms with Gasteiger partial charge in [0.25, 0.3) is 0 Å². The molecule has 1 rings (SSSR count). The number of aryl methyl sites for hydroxylation is 1. The zero-order valence-electron chi connectivity index (χ0n) is 19.4. The molecular formula is C22H35N5O5. The van der Waals surface area contributed by atoms with E-state index in [9.17, 15) is 19.2 Å². The van der Waals surface area contributed by atoms with Gasteiger partial charge in [-0.1, -0.05) is 19.9 Å². The van der Waals surface area contributed by atoms with E-state index in [0.717, 1.165) is 11.1 Å². The quantitative estimate of drug-likeness (QED) is 0.239. The van der Waals surface area contributed by atoms with Crippen molar-refractivity contribution in [3.63, 3.8) is 0 Å². The van der Waals surface area contributed by atoms with Gasteiger partial charge in [-0.05, 0) is 56.0 Å². The lowest BCUT2D eigenvalue weighted by Crippen LogP contribution is -2.52. The summed E-state index contributed by atoms with van der Waals surface area (Å²) in [7, 11) is 1.69. The Bertz CT molecular complexity index is 812. The van der Waals surface area contributed by atoms with Gasteiger partial charge in [0.05, 0.1) is 6.04 Å². The van der Waals surface area contributed by atoms with Crippen LogP contribution in [0.25, 0.3) is 0 Å². The molecule has 1 aromatic carbocycles. The van der Waals surface area contributed by atoms with Gasteiger partial charge in [-0.15, -0.1) is 0 Å².